The summed E-state index contributed by atoms with van der Waals surface area (Å²) in [6, 6.07) is 15.9. The molecule has 118 valence electrons. The third kappa shape index (κ3) is 1.59. The summed E-state index contributed by atoms with van der Waals surface area (Å²) in [6.07, 6.45) is 0. The second-order valence-corrected chi connectivity index (χ2v) is 6.69. The molecule has 0 fully saturated rings. The zero-order valence-electron chi connectivity index (χ0n) is 13.7. The van der Waals surface area contributed by atoms with Gasteiger partial charge in [-0.05, 0) is 0 Å². The minimum Gasteiger partial charge on any atom is -0.448 e. The van der Waals surface area contributed by atoms with Gasteiger partial charge in [0.25, 0.3) is 0 Å². The smallest absolute Gasteiger partial charge is 0.246 e. The number of rotatable bonds is 0. The maximum atomic E-state index is 9.69. The summed E-state index contributed by atoms with van der Waals surface area (Å²) in [7, 11) is 0. The van der Waals surface area contributed by atoms with Gasteiger partial charge in [-0.25, -0.2) is 0 Å². The maximum Gasteiger partial charge on any atom is 0.246 e. The molecule has 0 saturated heterocycles. The first kappa shape index (κ1) is 13.9. The molecule has 0 amide bonds. The predicted octanol–water partition coefficient (Wildman–Crippen LogP) is 4.83. The first-order valence-corrected chi connectivity index (χ1v) is 8.00. The Balaban J connectivity index is 2.17. The second-order valence-electron chi connectivity index (χ2n) is 6.69. The molecule has 0 spiro atoms. The van der Waals surface area contributed by atoms with Gasteiger partial charge in [0.15, 0.2) is 11.5 Å². The van der Waals surface area contributed by atoms with E-state index in [1.165, 1.54) is 0 Å². The van der Waals surface area contributed by atoms with E-state index in [1.807, 2.05) is 50.2 Å². The monoisotopic (exact) mass is 324 g/mol. The molecule has 1 aliphatic rings. The van der Waals surface area contributed by atoms with E-state index in [9.17, 15) is 10.5 Å². The van der Waals surface area contributed by atoms with Gasteiger partial charge in [-0.2, -0.15) is 10.5 Å². The summed E-state index contributed by atoms with van der Waals surface area (Å²) < 4.78 is 12.1. The number of benzene rings is 4. The lowest BCUT2D eigenvalue weighted by atomic mass is 9.87. The summed E-state index contributed by atoms with van der Waals surface area (Å²) in [5.41, 5.74) is 0.817. The molecule has 0 N–H and O–H groups in total. The fourth-order valence-electron chi connectivity index (χ4n) is 3.90. The van der Waals surface area contributed by atoms with Crippen molar-refractivity contribution in [1.29, 1.82) is 10.5 Å². The highest BCUT2D eigenvalue weighted by atomic mass is 16.7. The Morgan fingerprint density at radius 3 is 1.52 bits per heavy atom. The molecule has 25 heavy (non-hydrogen) atoms. The molecule has 0 bridgehead atoms. The van der Waals surface area contributed by atoms with Gasteiger partial charge in [0.1, 0.15) is 12.1 Å². The zero-order valence-corrected chi connectivity index (χ0v) is 13.7. The quantitative estimate of drug-likeness (QED) is 0.434. The van der Waals surface area contributed by atoms with Crippen LogP contribution in [0.4, 0.5) is 0 Å². The summed E-state index contributed by atoms with van der Waals surface area (Å²) >= 11 is 0. The van der Waals surface area contributed by atoms with E-state index in [0.29, 0.717) is 22.6 Å². The topological polar surface area (TPSA) is 66.0 Å². The van der Waals surface area contributed by atoms with Crippen LogP contribution in [0.25, 0.3) is 32.3 Å². The minimum absolute atomic E-state index is 0.409. The van der Waals surface area contributed by atoms with Gasteiger partial charge in [-0.15, -0.1) is 0 Å². The fourth-order valence-corrected chi connectivity index (χ4v) is 3.90. The summed E-state index contributed by atoms with van der Waals surface area (Å²) in [5, 5.41) is 24.6. The number of nitrogens with zero attached hydrogens (tertiary/aromatic N) is 2. The molecule has 4 aromatic carbocycles. The van der Waals surface area contributed by atoms with Crippen molar-refractivity contribution >= 4 is 32.3 Å². The molecular formula is C21H12N2O2. The van der Waals surface area contributed by atoms with Crippen molar-refractivity contribution in [2.75, 3.05) is 0 Å². The molecule has 0 atom stereocenters. The predicted molar refractivity (Wildman–Crippen MR) is 94.9 cm³/mol. The number of hydrogen-bond donors (Lipinski definition) is 0. The Morgan fingerprint density at radius 1 is 0.720 bits per heavy atom. The first-order valence-electron chi connectivity index (χ1n) is 8.00. The molecule has 0 aromatic heterocycles. The van der Waals surface area contributed by atoms with Crippen LogP contribution in [0.2, 0.25) is 0 Å². The SMILES string of the molecule is CC1(C)Oc2c(c3cccc4c(C#N)c(C#N)c5cccc2c5c43)O1. The van der Waals surface area contributed by atoms with Crippen molar-refractivity contribution in [3.63, 3.8) is 0 Å². The molecule has 4 nitrogen and oxygen atoms in total. The molecule has 0 unspecified atom stereocenters. The molecule has 1 aliphatic heterocycles. The molecule has 1 heterocycles. The van der Waals surface area contributed by atoms with Crippen LogP contribution in [0.3, 0.4) is 0 Å². The van der Waals surface area contributed by atoms with Crippen LogP contribution >= 0.6 is 0 Å². The Hall–Kier alpha value is -3.50. The van der Waals surface area contributed by atoms with Gasteiger partial charge in [-0.3, -0.25) is 0 Å². The molecule has 4 heteroatoms. The standard InChI is InChI=1S/C21H12N2O2/c1-21(2)24-19-13-7-3-5-11-15(9-22)16(10-23)12-6-4-8-14(20(19)25-21)18(12)17(11)13/h3-8H,1-2H3. The summed E-state index contributed by atoms with van der Waals surface area (Å²) in [5.74, 6) is 0.640. The number of ether oxygens (including phenoxy) is 2. The highest BCUT2D eigenvalue weighted by Gasteiger charge is 2.36. The molecule has 5 rings (SSSR count). The number of hydrogen-bond acceptors (Lipinski definition) is 4. The molecule has 0 radical (unpaired) electrons. The van der Waals surface area contributed by atoms with E-state index < -0.39 is 5.79 Å². The van der Waals surface area contributed by atoms with E-state index >= 15 is 0 Å². The van der Waals surface area contributed by atoms with Crippen molar-refractivity contribution in [2.24, 2.45) is 0 Å². The van der Waals surface area contributed by atoms with Gasteiger partial charge in [-0.1, -0.05) is 36.4 Å². The van der Waals surface area contributed by atoms with Crippen LogP contribution in [-0.4, -0.2) is 5.79 Å². The second kappa shape index (κ2) is 4.32. The average Bonchev–Trinajstić information content (AvgIpc) is 2.95. The van der Waals surface area contributed by atoms with Gasteiger partial charge in [0.05, 0.1) is 11.1 Å². The molecule has 0 aliphatic carbocycles. The van der Waals surface area contributed by atoms with Crippen LogP contribution in [0.1, 0.15) is 25.0 Å². The molecule has 4 aromatic rings. The van der Waals surface area contributed by atoms with E-state index in [-0.39, 0.29) is 0 Å². The van der Waals surface area contributed by atoms with Crippen molar-refractivity contribution < 1.29 is 9.47 Å². The lowest BCUT2D eigenvalue weighted by Crippen LogP contribution is -2.29. The van der Waals surface area contributed by atoms with Crippen LogP contribution in [0.5, 0.6) is 11.5 Å². The minimum atomic E-state index is -0.757. The van der Waals surface area contributed by atoms with E-state index in [0.717, 1.165) is 32.3 Å². The number of nitriles is 2. The number of fused-ring (bicyclic) bond motifs is 3. The van der Waals surface area contributed by atoms with Gasteiger partial charge in [0, 0.05) is 46.2 Å². The van der Waals surface area contributed by atoms with Crippen molar-refractivity contribution in [1.82, 2.24) is 0 Å². The van der Waals surface area contributed by atoms with Crippen LogP contribution in [0.15, 0.2) is 36.4 Å². The normalized spacial score (nSPS) is 14.9. The lowest BCUT2D eigenvalue weighted by molar-refractivity contribution is -0.0420. The Morgan fingerprint density at radius 2 is 1.12 bits per heavy atom. The third-order valence-corrected chi connectivity index (χ3v) is 4.78. The Kier molecular flexibility index (Phi) is 2.40. The summed E-state index contributed by atoms with van der Waals surface area (Å²) in [4.78, 5) is 0. The average molecular weight is 324 g/mol. The van der Waals surface area contributed by atoms with E-state index in [4.69, 9.17) is 9.47 Å². The highest BCUT2D eigenvalue weighted by Crippen LogP contribution is 2.53. The lowest BCUT2D eigenvalue weighted by Gasteiger charge is -2.16. The van der Waals surface area contributed by atoms with Crippen LogP contribution < -0.4 is 9.47 Å². The van der Waals surface area contributed by atoms with Crippen molar-refractivity contribution in [2.45, 2.75) is 19.6 Å². The van der Waals surface area contributed by atoms with E-state index in [2.05, 4.69) is 12.1 Å². The Labute approximate surface area is 143 Å². The van der Waals surface area contributed by atoms with Crippen molar-refractivity contribution in [3.8, 4) is 23.6 Å². The zero-order chi connectivity index (χ0) is 17.3. The van der Waals surface area contributed by atoms with E-state index in [1.54, 1.807) is 0 Å². The largest absolute Gasteiger partial charge is 0.448 e. The summed E-state index contributed by atoms with van der Waals surface area (Å²) in [6.45, 7) is 3.75. The maximum absolute atomic E-state index is 9.69. The van der Waals surface area contributed by atoms with Crippen LogP contribution in [0, 0.1) is 22.7 Å². The van der Waals surface area contributed by atoms with Gasteiger partial charge >= 0.3 is 0 Å². The molecule has 0 saturated carbocycles. The fraction of sp³-hybridized carbons (Fsp3) is 0.143. The molecular weight excluding hydrogens is 312 g/mol. The van der Waals surface area contributed by atoms with Crippen LogP contribution in [-0.2, 0) is 0 Å². The van der Waals surface area contributed by atoms with Gasteiger partial charge in [0.2, 0.25) is 5.79 Å². The van der Waals surface area contributed by atoms with Gasteiger partial charge < -0.3 is 9.47 Å². The Bertz CT molecular complexity index is 1190. The highest BCUT2D eigenvalue weighted by molar-refractivity contribution is 6.29. The third-order valence-electron chi connectivity index (χ3n) is 4.78. The van der Waals surface area contributed by atoms with Crippen molar-refractivity contribution in [3.05, 3.63) is 47.5 Å². The first-order chi connectivity index (χ1) is 12.1.